The molecule has 0 heterocycles. The van der Waals surface area contributed by atoms with Crippen LogP contribution in [0.1, 0.15) is 57.8 Å². The molecule has 3 nitrogen and oxygen atoms in total. The molecule has 1 aliphatic carbocycles. The Morgan fingerprint density at radius 1 is 0.949 bits per heavy atom. The number of nitrogens with zero attached hydrogens (tertiary/aromatic N) is 1. The summed E-state index contributed by atoms with van der Waals surface area (Å²) < 4.78 is 96.6. The molecule has 0 aliphatic heterocycles. The summed E-state index contributed by atoms with van der Waals surface area (Å²) >= 11 is 5.69. The highest BCUT2D eigenvalue weighted by molar-refractivity contribution is 6.31. The maximum Gasteiger partial charge on any atom is 0.573 e. The van der Waals surface area contributed by atoms with Crippen molar-refractivity contribution in [2.45, 2.75) is 50.7 Å². The molecule has 0 aromatic heterocycles. The van der Waals surface area contributed by atoms with Gasteiger partial charge in [-0.05, 0) is 66.1 Å². The molecule has 3 aromatic carbocycles. The summed E-state index contributed by atoms with van der Waals surface area (Å²) in [6, 6.07) is 13.4. The van der Waals surface area contributed by atoms with Crippen LogP contribution in [0.5, 0.6) is 5.75 Å². The first-order valence-electron chi connectivity index (χ1n) is 12.1. The third kappa shape index (κ3) is 7.44. The van der Waals surface area contributed by atoms with Gasteiger partial charge in [-0.25, -0.2) is 4.39 Å². The Morgan fingerprint density at radius 2 is 1.64 bits per heavy atom. The van der Waals surface area contributed by atoms with E-state index in [-0.39, 0.29) is 19.5 Å². The summed E-state index contributed by atoms with van der Waals surface area (Å²) in [6.45, 7) is -0.207. The molecule has 1 amide bonds. The molecule has 11 heteroatoms. The van der Waals surface area contributed by atoms with Crippen LogP contribution in [0.3, 0.4) is 0 Å². The molecule has 39 heavy (non-hydrogen) atoms. The molecule has 1 aliphatic rings. The van der Waals surface area contributed by atoms with Gasteiger partial charge in [0.2, 0.25) is 0 Å². The van der Waals surface area contributed by atoms with Crippen LogP contribution in [0.2, 0.25) is 5.02 Å². The van der Waals surface area contributed by atoms with Crippen LogP contribution in [-0.2, 0) is 19.1 Å². The highest BCUT2D eigenvalue weighted by Crippen LogP contribution is 2.37. The van der Waals surface area contributed by atoms with E-state index in [4.69, 9.17) is 11.6 Å². The Morgan fingerprint density at radius 3 is 2.23 bits per heavy atom. The van der Waals surface area contributed by atoms with E-state index < -0.39 is 46.2 Å². The van der Waals surface area contributed by atoms with Crippen molar-refractivity contribution in [3.05, 3.63) is 99.3 Å². The Balaban J connectivity index is 1.61. The molecular formula is C28H23ClF7NO2. The molecule has 0 atom stereocenters. The summed E-state index contributed by atoms with van der Waals surface area (Å²) in [5, 5.41) is -0.852. The normalized spacial score (nSPS) is 14.2. The summed E-state index contributed by atoms with van der Waals surface area (Å²) in [4.78, 5) is 14.5. The molecule has 4 rings (SSSR count). The number of ether oxygens (including phenoxy) is 1. The van der Waals surface area contributed by atoms with Crippen molar-refractivity contribution in [2.75, 3.05) is 6.54 Å². The fraction of sp³-hybridized carbons (Fsp3) is 0.321. The Labute approximate surface area is 225 Å². The molecule has 208 valence electrons. The van der Waals surface area contributed by atoms with Crippen LogP contribution in [0.4, 0.5) is 30.7 Å². The maximum absolute atomic E-state index is 14.8. The summed E-state index contributed by atoms with van der Waals surface area (Å²) in [6.07, 6.45) is -6.43. The second kappa shape index (κ2) is 11.5. The van der Waals surface area contributed by atoms with Gasteiger partial charge in [-0.2, -0.15) is 13.2 Å². The van der Waals surface area contributed by atoms with Gasteiger partial charge in [-0.15, -0.1) is 13.2 Å². The van der Waals surface area contributed by atoms with Crippen LogP contribution >= 0.6 is 11.6 Å². The van der Waals surface area contributed by atoms with E-state index in [1.807, 2.05) is 12.1 Å². The molecule has 0 saturated heterocycles. The quantitative estimate of drug-likeness (QED) is 0.253. The molecule has 1 saturated carbocycles. The van der Waals surface area contributed by atoms with Crippen LogP contribution < -0.4 is 4.74 Å². The molecule has 3 aromatic rings. The lowest BCUT2D eigenvalue weighted by atomic mass is 9.80. The van der Waals surface area contributed by atoms with Gasteiger partial charge in [0.15, 0.2) is 5.82 Å². The zero-order valence-corrected chi connectivity index (χ0v) is 21.1. The average molecular weight is 574 g/mol. The van der Waals surface area contributed by atoms with Gasteiger partial charge in [0.1, 0.15) is 5.75 Å². The Hall–Kier alpha value is -3.27. The number of rotatable bonds is 8. The molecule has 0 unspecified atom stereocenters. The van der Waals surface area contributed by atoms with Crippen molar-refractivity contribution >= 4 is 17.5 Å². The Bertz CT molecular complexity index is 1320. The number of halogens is 8. The van der Waals surface area contributed by atoms with E-state index in [2.05, 4.69) is 4.74 Å². The number of hydrogen-bond donors (Lipinski definition) is 0. The van der Waals surface area contributed by atoms with Crippen molar-refractivity contribution in [1.29, 1.82) is 0 Å². The minimum absolute atomic E-state index is 0.0231. The monoisotopic (exact) mass is 573 g/mol. The molecule has 0 N–H and O–H groups in total. The summed E-state index contributed by atoms with van der Waals surface area (Å²) in [5.41, 5.74) is 0.0330. The molecular weight excluding hydrogens is 551 g/mol. The lowest BCUT2D eigenvalue weighted by Gasteiger charge is -2.27. The highest BCUT2D eigenvalue weighted by Gasteiger charge is 2.34. The van der Waals surface area contributed by atoms with Crippen molar-refractivity contribution in [3.63, 3.8) is 0 Å². The van der Waals surface area contributed by atoms with Gasteiger partial charge in [0.25, 0.3) is 5.91 Å². The standard InChI is InChI=1S/C28H23ClF7NO2/c29-24-15-21(27(31,32)33)14-23(25(24)30)26(38)37(16-18-7-9-20(10-8-18)19-4-2-5-19)12-11-17-3-1-6-22(13-17)39-28(34,35)36/h1,3,6-10,13-15,19H,2,4-5,11-12,16H2. The van der Waals surface area contributed by atoms with Gasteiger partial charge >= 0.3 is 12.5 Å². The number of carbonyl (C=O) groups is 1. The van der Waals surface area contributed by atoms with E-state index >= 15 is 0 Å². The van der Waals surface area contributed by atoms with Crippen molar-refractivity contribution in [1.82, 2.24) is 4.90 Å². The SMILES string of the molecule is O=C(c1cc(C(F)(F)F)cc(Cl)c1F)N(CCc1cccc(OC(F)(F)F)c1)Cc1ccc(C2CCC2)cc1. The first kappa shape index (κ1) is 28.7. The van der Waals surface area contributed by atoms with Crippen molar-refractivity contribution in [2.24, 2.45) is 0 Å². The second-order valence-electron chi connectivity index (χ2n) is 9.36. The van der Waals surface area contributed by atoms with Crippen LogP contribution in [0.25, 0.3) is 0 Å². The number of hydrogen-bond acceptors (Lipinski definition) is 2. The fourth-order valence-electron chi connectivity index (χ4n) is 4.35. The van der Waals surface area contributed by atoms with Crippen LogP contribution in [0.15, 0.2) is 60.7 Å². The average Bonchev–Trinajstić information content (AvgIpc) is 2.81. The first-order valence-corrected chi connectivity index (χ1v) is 12.5. The van der Waals surface area contributed by atoms with E-state index in [0.29, 0.717) is 29.2 Å². The van der Waals surface area contributed by atoms with Gasteiger partial charge in [-0.1, -0.05) is 54.4 Å². The van der Waals surface area contributed by atoms with Crippen molar-refractivity contribution in [3.8, 4) is 5.75 Å². The molecule has 0 spiro atoms. The van der Waals surface area contributed by atoms with E-state index in [9.17, 15) is 35.5 Å². The predicted molar refractivity (Wildman–Crippen MR) is 131 cm³/mol. The third-order valence-corrected chi connectivity index (χ3v) is 6.88. The zero-order chi connectivity index (χ0) is 28.4. The van der Waals surface area contributed by atoms with Gasteiger partial charge < -0.3 is 9.64 Å². The topological polar surface area (TPSA) is 29.5 Å². The lowest BCUT2D eigenvalue weighted by molar-refractivity contribution is -0.274. The van der Waals surface area contributed by atoms with Crippen LogP contribution in [-0.4, -0.2) is 23.7 Å². The molecule has 0 radical (unpaired) electrons. The molecule has 1 fully saturated rings. The van der Waals surface area contributed by atoms with E-state index in [1.54, 1.807) is 12.1 Å². The molecule has 0 bridgehead atoms. The van der Waals surface area contributed by atoms with Gasteiger partial charge in [-0.3, -0.25) is 4.79 Å². The highest BCUT2D eigenvalue weighted by atomic mass is 35.5. The van der Waals surface area contributed by atoms with Crippen LogP contribution in [0, 0.1) is 5.82 Å². The number of amides is 1. The largest absolute Gasteiger partial charge is 0.573 e. The minimum atomic E-state index is -4.90. The third-order valence-electron chi connectivity index (χ3n) is 6.61. The zero-order valence-electron chi connectivity index (χ0n) is 20.4. The number of benzene rings is 3. The van der Waals surface area contributed by atoms with E-state index in [0.717, 1.165) is 41.9 Å². The number of alkyl halides is 6. The fourth-order valence-corrected chi connectivity index (χ4v) is 4.57. The minimum Gasteiger partial charge on any atom is -0.406 e. The smallest absolute Gasteiger partial charge is 0.406 e. The summed E-state index contributed by atoms with van der Waals surface area (Å²) in [7, 11) is 0. The Kier molecular flexibility index (Phi) is 8.44. The first-order chi connectivity index (χ1) is 18.3. The van der Waals surface area contributed by atoms with Crippen molar-refractivity contribution < 1.29 is 40.3 Å². The summed E-state index contributed by atoms with van der Waals surface area (Å²) in [5.74, 6) is -2.32. The number of carbonyl (C=O) groups excluding carboxylic acids is 1. The predicted octanol–water partition coefficient (Wildman–Crippen LogP) is 8.55. The maximum atomic E-state index is 14.8. The van der Waals surface area contributed by atoms with E-state index in [1.165, 1.54) is 12.1 Å². The van der Waals surface area contributed by atoms with Gasteiger partial charge in [0, 0.05) is 13.1 Å². The lowest BCUT2D eigenvalue weighted by Crippen LogP contribution is -2.33. The van der Waals surface area contributed by atoms with Gasteiger partial charge in [0.05, 0.1) is 16.1 Å². The second-order valence-corrected chi connectivity index (χ2v) is 9.77.